The first-order chi connectivity index (χ1) is 14.1. The van der Waals surface area contributed by atoms with Crippen LogP contribution in [-0.2, 0) is 4.79 Å². The number of carbonyl (C=O) groups is 2. The van der Waals surface area contributed by atoms with Gasteiger partial charge in [-0.3, -0.25) is 15.0 Å². The summed E-state index contributed by atoms with van der Waals surface area (Å²) in [4.78, 5) is 28.2. The smallest absolute Gasteiger partial charge is 0.322 e. The van der Waals surface area contributed by atoms with Gasteiger partial charge in [0.25, 0.3) is 5.91 Å². The Morgan fingerprint density at radius 3 is 1.72 bits per heavy atom. The second-order valence-electron chi connectivity index (χ2n) is 8.65. The van der Waals surface area contributed by atoms with Gasteiger partial charge in [-0.1, -0.05) is 73.5 Å². The summed E-state index contributed by atoms with van der Waals surface area (Å²) in [7, 11) is 2.18. The second-order valence-corrected chi connectivity index (χ2v) is 8.65. The lowest BCUT2D eigenvalue weighted by molar-refractivity contribution is -0.138. The number of hydrogen-bond acceptors (Lipinski definition) is 3. The fourth-order valence-electron chi connectivity index (χ4n) is 6.25. The summed E-state index contributed by atoms with van der Waals surface area (Å²) in [6, 6.07) is 20.6. The number of carbonyl (C=O) groups excluding carboxylic acids is 2. The van der Waals surface area contributed by atoms with E-state index in [9.17, 15) is 9.59 Å². The Labute approximate surface area is 171 Å². The third-order valence-corrected chi connectivity index (χ3v) is 7.30. The standard InChI is InChI=1S/C24H27N3O2/c1-27-20(16-10-4-2-5-11-16)18-14-8-9-15-19(21(27)17-12-6-3-7-13-17)24(18)22(28)25-23(29)26-24/h2-7,10-13,18-21H,8-9,14-15H2,1H3,(H2,25,26,28,29). The van der Waals surface area contributed by atoms with E-state index in [2.05, 4.69) is 71.1 Å². The van der Waals surface area contributed by atoms with Gasteiger partial charge in [-0.25, -0.2) is 4.79 Å². The van der Waals surface area contributed by atoms with Crippen LogP contribution in [0, 0.1) is 11.8 Å². The second kappa shape index (κ2) is 6.99. The molecule has 2 saturated heterocycles. The van der Waals surface area contributed by atoms with Crippen LogP contribution in [0.4, 0.5) is 4.79 Å². The van der Waals surface area contributed by atoms with E-state index < -0.39 is 5.54 Å². The highest BCUT2D eigenvalue weighted by Gasteiger charge is 2.65. The average Bonchev–Trinajstić information content (AvgIpc) is 2.96. The Morgan fingerprint density at radius 1 is 0.828 bits per heavy atom. The van der Waals surface area contributed by atoms with Crippen LogP contribution in [0.3, 0.4) is 0 Å². The van der Waals surface area contributed by atoms with Gasteiger partial charge in [-0.05, 0) is 31.0 Å². The number of amides is 3. The van der Waals surface area contributed by atoms with Crippen molar-refractivity contribution in [2.75, 3.05) is 7.05 Å². The van der Waals surface area contributed by atoms with Gasteiger partial charge in [0.2, 0.25) is 0 Å². The third-order valence-electron chi connectivity index (χ3n) is 7.30. The molecule has 2 aromatic rings. The molecule has 5 nitrogen and oxygen atoms in total. The average molecular weight is 389 g/mol. The molecule has 150 valence electrons. The molecule has 1 aliphatic carbocycles. The van der Waals surface area contributed by atoms with Crippen molar-refractivity contribution >= 4 is 11.9 Å². The summed E-state index contributed by atoms with van der Waals surface area (Å²) in [5.74, 6) is -0.0722. The highest BCUT2D eigenvalue weighted by Crippen LogP contribution is 2.57. The molecule has 3 aliphatic rings. The minimum absolute atomic E-state index is 0.0359. The van der Waals surface area contributed by atoms with Crippen molar-refractivity contribution in [3.63, 3.8) is 0 Å². The largest absolute Gasteiger partial charge is 0.323 e. The van der Waals surface area contributed by atoms with E-state index in [4.69, 9.17) is 0 Å². The number of likely N-dealkylation sites (tertiary alicyclic amines) is 1. The van der Waals surface area contributed by atoms with Gasteiger partial charge in [0.15, 0.2) is 0 Å². The number of nitrogens with zero attached hydrogens (tertiary/aromatic N) is 1. The van der Waals surface area contributed by atoms with Gasteiger partial charge in [-0.15, -0.1) is 0 Å². The zero-order valence-corrected chi connectivity index (χ0v) is 16.7. The Hall–Kier alpha value is -2.66. The minimum Gasteiger partial charge on any atom is -0.323 e. The predicted octanol–water partition coefficient (Wildman–Crippen LogP) is 3.80. The number of rotatable bonds is 2. The van der Waals surface area contributed by atoms with Crippen molar-refractivity contribution in [2.24, 2.45) is 11.8 Å². The molecule has 4 unspecified atom stereocenters. The van der Waals surface area contributed by atoms with Crippen molar-refractivity contribution in [1.29, 1.82) is 0 Å². The number of urea groups is 1. The molecule has 1 spiro atoms. The van der Waals surface area contributed by atoms with Gasteiger partial charge in [-0.2, -0.15) is 0 Å². The fourth-order valence-corrected chi connectivity index (χ4v) is 6.25. The number of benzene rings is 2. The number of imide groups is 1. The normalized spacial score (nSPS) is 34.5. The van der Waals surface area contributed by atoms with Gasteiger partial charge in [0.05, 0.1) is 0 Å². The zero-order chi connectivity index (χ0) is 20.0. The highest BCUT2D eigenvalue weighted by molar-refractivity contribution is 6.07. The van der Waals surface area contributed by atoms with Crippen LogP contribution in [0.15, 0.2) is 60.7 Å². The summed E-state index contributed by atoms with van der Waals surface area (Å²) >= 11 is 0. The maximum absolute atomic E-state index is 13.4. The van der Waals surface area contributed by atoms with E-state index in [0.29, 0.717) is 0 Å². The molecular weight excluding hydrogens is 362 g/mol. The van der Waals surface area contributed by atoms with E-state index in [1.54, 1.807) is 0 Å². The van der Waals surface area contributed by atoms with Crippen LogP contribution < -0.4 is 10.6 Å². The van der Waals surface area contributed by atoms with Gasteiger partial charge in [0, 0.05) is 23.9 Å². The molecule has 4 atom stereocenters. The Balaban J connectivity index is 1.73. The first-order valence-corrected chi connectivity index (χ1v) is 10.6. The van der Waals surface area contributed by atoms with E-state index in [1.165, 1.54) is 11.1 Å². The van der Waals surface area contributed by atoms with Gasteiger partial charge in [0.1, 0.15) is 5.54 Å². The lowest BCUT2D eigenvalue weighted by Gasteiger charge is -2.56. The molecule has 5 heteroatoms. The summed E-state index contributed by atoms with van der Waals surface area (Å²) in [5.41, 5.74) is 1.55. The van der Waals surface area contributed by atoms with Crippen LogP contribution >= 0.6 is 0 Å². The maximum atomic E-state index is 13.4. The topological polar surface area (TPSA) is 61.4 Å². The molecule has 2 bridgehead atoms. The van der Waals surface area contributed by atoms with Crippen molar-refractivity contribution < 1.29 is 9.59 Å². The molecule has 29 heavy (non-hydrogen) atoms. The minimum atomic E-state index is -0.860. The molecule has 2 aliphatic heterocycles. The molecular formula is C24H27N3O2. The van der Waals surface area contributed by atoms with Crippen molar-refractivity contribution in [3.05, 3.63) is 71.8 Å². The van der Waals surface area contributed by atoms with Gasteiger partial charge >= 0.3 is 6.03 Å². The number of nitrogens with one attached hydrogen (secondary N) is 2. The predicted molar refractivity (Wildman–Crippen MR) is 111 cm³/mol. The van der Waals surface area contributed by atoms with Crippen molar-refractivity contribution in [3.8, 4) is 0 Å². The number of piperidine rings is 1. The highest BCUT2D eigenvalue weighted by atomic mass is 16.2. The molecule has 3 fully saturated rings. The summed E-state index contributed by atoms with van der Waals surface area (Å²) in [6.45, 7) is 0. The van der Waals surface area contributed by atoms with Gasteiger partial charge < -0.3 is 5.32 Å². The van der Waals surface area contributed by atoms with Crippen LogP contribution in [0.2, 0.25) is 0 Å². The third kappa shape index (κ3) is 2.71. The summed E-state index contributed by atoms with van der Waals surface area (Å²) < 4.78 is 0. The lowest BCUT2D eigenvalue weighted by Crippen LogP contribution is -2.67. The van der Waals surface area contributed by atoms with E-state index >= 15 is 0 Å². The van der Waals surface area contributed by atoms with Crippen LogP contribution in [-0.4, -0.2) is 29.4 Å². The maximum Gasteiger partial charge on any atom is 0.322 e. The first-order valence-electron chi connectivity index (χ1n) is 10.6. The molecule has 0 radical (unpaired) electrons. The summed E-state index contributed by atoms with van der Waals surface area (Å²) in [5, 5.41) is 5.74. The molecule has 2 aromatic carbocycles. The Morgan fingerprint density at radius 2 is 1.31 bits per heavy atom. The molecule has 2 N–H and O–H groups in total. The van der Waals surface area contributed by atoms with Crippen LogP contribution in [0.25, 0.3) is 0 Å². The van der Waals surface area contributed by atoms with E-state index in [1.807, 2.05) is 12.1 Å². The molecule has 1 saturated carbocycles. The van der Waals surface area contributed by atoms with Crippen LogP contribution in [0.5, 0.6) is 0 Å². The Kier molecular flexibility index (Phi) is 4.43. The lowest BCUT2D eigenvalue weighted by atomic mass is 9.61. The van der Waals surface area contributed by atoms with E-state index in [-0.39, 0.29) is 35.9 Å². The van der Waals surface area contributed by atoms with Crippen molar-refractivity contribution in [2.45, 2.75) is 43.3 Å². The first kappa shape index (κ1) is 18.4. The quantitative estimate of drug-likeness (QED) is 0.768. The zero-order valence-electron chi connectivity index (χ0n) is 16.7. The van der Waals surface area contributed by atoms with Crippen molar-refractivity contribution in [1.82, 2.24) is 15.5 Å². The molecule has 5 rings (SSSR count). The summed E-state index contributed by atoms with van der Waals surface area (Å²) in [6.07, 6.45) is 4.00. The monoisotopic (exact) mass is 389 g/mol. The SMILES string of the molecule is CN1C(c2ccccc2)C2CCCCC(C1c1ccccc1)C21NC(=O)NC1=O. The Bertz CT molecular complexity index is 857. The molecule has 2 heterocycles. The fraction of sp³-hybridized carbons (Fsp3) is 0.417. The molecule has 3 amide bonds. The number of hydrogen-bond donors (Lipinski definition) is 2. The van der Waals surface area contributed by atoms with E-state index in [0.717, 1.165) is 25.7 Å². The van der Waals surface area contributed by atoms with Crippen LogP contribution in [0.1, 0.15) is 48.9 Å². The molecule has 0 aromatic heterocycles.